The van der Waals surface area contributed by atoms with Gasteiger partial charge >= 0.3 is 5.97 Å². The number of hydrogen-bond donors (Lipinski definition) is 2. The molecule has 0 saturated carbocycles. The van der Waals surface area contributed by atoms with Gasteiger partial charge in [0.25, 0.3) is 0 Å². The van der Waals surface area contributed by atoms with Crippen LogP contribution >= 0.6 is 0 Å². The normalized spacial score (nSPS) is 12.3. The first-order valence-electron chi connectivity index (χ1n) is 3.91. The van der Waals surface area contributed by atoms with Gasteiger partial charge in [0.2, 0.25) is 0 Å². The van der Waals surface area contributed by atoms with E-state index in [1.165, 1.54) is 0 Å². The highest BCUT2D eigenvalue weighted by molar-refractivity contribution is 5.77. The molecule has 6 heteroatoms. The van der Waals surface area contributed by atoms with Crippen molar-refractivity contribution in [2.75, 3.05) is 7.11 Å². The third-order valence-corrected chi connectivity index (χ3v) is 1.81. The average molecular weight is 218 g/mol. The van der Waals surface area contributed by atoms with Gasteiger partial charge in [0.1, 0.15) is 5.75 Å². The fraction of sp³-hybridized carbons (Fsp3) is 0.222. The van der Waals surface area contributed by atoms with Crippen LogP contribution in [0.2, 0.25) is 0 Å². The summed E-state index contributed by atoms with van der Waals surface area (Å²) in [5.41, 5.74) is -0.832. The molecular formula is C9H8F2O4. The van der Waals surface area contributed by atoms with Gasteiger partial charge in [0, 0.05) is 0 Å². The van der Waals surface area contributed by atoms with Gasteiger partial charge < -0.3 is 14.9 Å². The highest BCUT2D eigenvalue weighted by atomic mass is 19.2. The molecule has 4 nitrogen and oxygen atoms in total. The first kappa shape index (κ1) is 11.4. The number of halogens is 2. The number of carbonyl (C=O) groups excluding carboxylic acids is 1. The van der Waals surface area contributed by atoms with Crippen LogP contribution in [0.15, 0.2) is 12.1 Å². The predicted molar refractivity (Wildman–Crippen MR) is 45.0 cm³/mol. The highest BCUT2D eigenvalue weighted by Crippen LogP contribution is 2.29. The standard InChI is InChI=1S/C9H8F2O4/c1-15-9(14)8(13)6-5(12)3-2-4(10)7(6)11/h2-3,8,12-13H,1H3. The van der Waals surface area contributed by atoms with Crippen LogP contribution in [-0.2, 0) is 9.53 Å². The molecule has 0 aliphatic carbocycles. The van der Waals surface area contributed by atoms with Gasteiger partial charge in [-0.05, 0) is 12.1 Å². The van der Waals surface area contributed by atoms with Crippen LogP contribution in [0.1, 0.15) is 11.7 Å². The molecule has 1 aromatic carbocycles. The zero-order valence-corrected chi connectivity index (χ0v) is 7.70. The van der Waals surface area contributed by atoms with E-state index in [0.29, 0.717) is 6.07 Å². The average Bonchev–Trinajstić information content (AvgIpc) is 2.22. The minimum Gasteiger partial charge on any atom is -0.507 e. The third-order valence-electron chi connectivity index (χ3n) is 1.81. The van der Waals surface area contributed by atoms with Gasteiger partial charge in [0.05, 0.1) is 12.7 Å². The molecule has 2 N–H and O–H groups in total. The molecule has 0 amide bonds. The summed E-state index contributed by atoms with van der Waals surface area (Å²) in [6.45, 7) is 0. The second-order valence-corrected chi connectivity index (χ2v) is 2.72. The molecule has 1 rings (SSSR count). The molecule has 82 valence electrons. The number of rotatable bonds is 2. The third kappa shape index (κ3) is 2.04. The fourth-order valence-electron chi connectivity index (χ4n) is 1.05. The Labute approximate surface area is 83.7 Å². The zero-order valence-electron chi connectivity index (χ0n) is 7.70. The van der Waals surface area contributed by atoms with E-state index >= 15 is 0 Å². The highest BCUT2D eigenvalue weighted by Gasteiger charge is 2.27. The number of esters is 1. The summed E-state index contributed by atoms with van der Waals surface area (Å²) in [5.74, 6) is -4.65. The molecule has 15 heavy (non-hydrogen) atoms. The van der Waals surface area contributed by atoms with Gasteiger partial charge in [-0.15, -0.1) is 0 Å². The molecule has 0 bridgehead atoms. The summed E-state index contributed by atoms with van der Waals surface area (Å²) in [6, 6.07) is 1.51. The van der Waals surface area contributed by atoms with Crippen LogP contribution in [0.3, 0.4) is 0 Å². The Kier molecular flexibility index (Phi) is 3.21. The van der Waals surface area contributed by atoms with Gasteiger partial charge in [-0.3, -0.25) is 0 Å². The number of benzene rings is 1. The first-order chi connectivity index (χ1) is 6.99. The van der Waals surface area contributed by atoms with Crippen LogP contribution in [0.5, 0.6) is 5.75 Å². The number of methoxy groups -OCH3 is 1. The van der Waals surface area contributed by atoms with E-state index in [1.807, 2.05) is 0 Å². The minimum absolute atomic E-state index is 0.679. The summed E-state index contributed by atoms with van der Waals surface area (Å²) in [5, 5.41) is 18.4. The summed E-state index contributed by atoms with van der Waals surface area (Å²) < 4.78 is 30.0. The van der Waals surface area contributed by atoms with Crippen LogP contribution in [0, 0.1) is 11.6 Å². The van der Waals surface area contributed by atoms with E-state index in [4.69, 9.17) is 5.11 Å². The maximum Gasteiger partial charge on any atom is 0.339 e. The Bertz CT molecular complexity index is 392. The van der Waals surface area contributed by atoms with Crippen LogP contribution < -0.4 is 0 Å². The van der Waals surface area contributed by atoms with Crippen molar-refractivity contribution < 1.29 is 28.5 Å². The summed E-state index contributed by atoms with van der Waals surface area (Å²) in [4.78, 5) is 10.9. The van der Waals surface area contributed by atoms with Crippen LogP contribution in [0.25, 0.3) is 0 Å². The molecule has 0 aromatic heterocycles. The maximum atomic E-state index is 13.1. The van der Waals surface area contributed by atoms with Crippen molar-refractivity contribution in [2.45, 2.75) is 6.10 Å². The lowest BCUT2D eigenvalue weighted by molar-refractivity contribution is -0.151. The molecule has 0 radical (unpaired) electrons. The second kappa shape index (κ2) is 4.22. The lowest BCUT2D eigenvalue weighted by Gasteiger charge is -2.11. The number of carbonyl (C=O) groups is 1. The van der Waals surface area contributed by atoms with Crippen molar-refractivity contribution in [1.29, 1.82) is 0 Å². The molecular weight excluding hydrogens is 210 g/mol. The van der Waals surface area contributed by atoms with Crippen molar-refractivity contribution >= 4 is 5.97 Å². The van der Waals surface area contributed by atoms with E-state index in [9.17, 15) is 18.7 Å². The first-order valence-corrected chi connectivity index (χ1v) is 3.91. The fourth-order valence-corrected chi connectivity index (χ4v) is 1.05. The van der Waals surface area contributed by atoms with E-state index in [2.05, 4.69) is 4.74 Å². The molecule has 0 aliphatic heterocycles. The van der Waals surface area contributed by atoms with Crippen LogP contribution in [0.4, 0.5) is 8.78 Å². The number of aliphatic hydroxyl groups excluding tert-OH is 1. The second-order valence-electron chi connectivity index (χ2n) is 2.72. The summed E-state index contributed by atoms with van der Waals surface area (Å²) in [6.07, 6.45) is -2.05. The van der Waals surface area contributed by atoms with Crippen molar-refractivity contribution in [1.82, 2.24) is 0 Å². The molecule has 0 heterocycles. The van der Waals surface area contributed by atoms with E-state index in [-0.39, 0.29) is 0 Å². The molecule has 1 unspecified atom stereocenters. The molecule has 1 atom stereocenters. The summed E-state index contributed by atoms with van der Waals surface area (Å²) in [7, 11) is 0.972. The Morgan fingerprint density at radius 1 is 1.47 bits per heavy atom. The van der Waals surface area contributed by atoms with E-state index in [0.717, 1.165) is 13.2 Å². The number of aliphatic hydroxyl groups is 1. The lowest BCUT2D eigenvalue weighted by atomic mass is 10.1. The lowest BCUT2D eigenvalue weighted by Crippen LogP contribution is -2.15. The van der Waals surface area contributed by atoms with Gasteiger partial charge in [-0.2, -0.15) is 0 Å². The van der Waals surface area contributed by atoms with E-state index in [1.54, 1.807) is 0 Å². The molecule has 0 saturated heterocycles. The van der Waals surface area contributed by atoms with Crippen molar-refractivity contribution in [3.63, 3.8) is 0 Å². The Morgan fingerprint density at radius 3 is 2.60 bits per heavy atom. The summed E-state index contributed by atoms with van der Waals surface area (Å²) >= 11 is 0. The number of aromatic hydroxyl groups is 1. The monoisotopic (exact) mass is 218 g/mol. The Hall–Kier alpha value is -1.69. The SMILES string of the molecule is COC(=O)C(O)c1c(O)ccc(F)c1F. The van der Waals surface area contributed by atoms with Gasteiger partial charge in [0.15, 0.2) is 17.7 Å². The Morgan fingerprint density at radius 2 is 2.07 bits per heavy atom. The molecule has 1 aromatic rings. The molecule has 0 fully saturated rings. The number of hydrogen-bond acceptors (Lipinski definition) is 4. The minimum atomic E-state index is -2.05. The largest absolute Gasteiger partial charge is 0.507 e. The van der Waals surface area contributed by atoms with E-state index < -0.39 is 35.0 Å². The number of phenols is 1. The Balaban J connectivity index is 3.24. The molecule has 0 spiro atoms. The van der Waals surface area contributed by atoms with Crippen LogP contribution in [-0.4, -0.2) is 23.3 Å². The van der Waals surface area contributed by atoms with Crippen molar-refractivity contribution in [3.8, 4) is 5.75 Å². The quantitative estimate of drug-likeness (QED) is 0.723. The maximum absolute atomic E-state index is 13.1. The smallest absolute Gasteiger partial charge is 0.339 e. The number of ether oxygens (including phenoxy) is 1. The number of phenolic OH excluding ortho intramolecular Hbond substituents is 1. The predicted octanol–water partition coefficient (Wildman–Crippen LogP) is 0.877. The zero-order chi connectivity index (χ0) is 11.6. The molecule has 0 aliphatic rings. The van der Waals surface area contributed by atoms with Crippen molar-refractivity contribution in [2.24, 2.45) is 0 Å². The van der Waals surface area contributed by atoms with Gasteiger partial charge in [-0.1, -0.05) is 0 Å². The van der Waals surface area contributed by atoms with Gasteiger partial charge in [-0.25, -0.2) is 13.6 Å². The topological polar surface area (TPSA) is 66.8 Å². The van der Waals surface area contributed by atoms with Crippen molar-refractivity contribution in [3.05, 3.63) is 29.3 Å².